The molecule has 0 aliphatic carbocycles. The minimum atomic E-state index is 0.670. The summed E-state index contributed by atoms with van der Waals surface area (Å²) in [6, 6.07) is 4.06. The van der Waals surface area contributed by atoms with E-state index >= 15 is 0 Å². The van der Waals surface area contributed by atoms with Crippen LogP contribution in [0.5, 0.6) is 5.75 Å². The molecule has 0 saturated carbocycles. The number of fused-ring (bicyclic) bond motifs is 1. The first-order valence-corrected chi connectivity index (χ1v) is 8.31. The number of piperazine rings is 1. The fraction of sp³-hybridized carbons (Fsp3) is 0.529. The predicted octanol–water partition coefficient (Wildman–Crippen LogP) is 2.68. The summed E-state index contributed by atoms with van der Waals surface area (Å²) >= 11 is 6.24. The Morgan fingerprint density at radius 2 is 2.05 bits per heavy atom. The number of nitrogens with one attached hydrogen (secondary N) is 1. The van der Waals surface area contributed by atoms with E-state index in [-0.39, 0.29) is 0 Å². The number of hydrogen-bond acceptors (Lipinski definition) is 3. The first kappa shape index (κ1) is 15.7. The third kappa shape index (κ3) is 3.24. The van der Waals surface area contributed by atoms with E-state index in [9.17, 15) is 0 Å². The van der Waals surface area contributed by atoms with E-state index in [2.05, 4.69) is 34.1 Å². The van der Waals surface area contributed by atoms with Crippen molar-refractivity contribution in [2.24, 2.45) is 7.05 Å². The summed E-state index contributed by atoms with van der Waals surface area (Å²) in [6.07, 6.45) is 4.49. The zero-order valence-corrected chi connectivity index (χ0v) is 14.1. The Kier molecular flexibility index (Phi) is 4.91. The Bertz CT molecular complexity index is 647. The van der Waals surface area contributed by atoms with Crippen LogP contribution in [0.15, 0.2) is 18.3 Å². The predicted molar refractivity (Wildman–Crippen MR) is 92.1 cm³/mol. The van der Waals surface area contributed by atoms with Crippen LogP contribution in [0.2, 0.25) is 5.02 Å². The fourth-order valence-electron chi connectivity index (χ4n) is 3.25. The van der Waals surface area contributed by atoms with Gasteiger partial charge in [0.15, 0.2) is 0 Å². The van der Waals surface area contributed by atoms with Crippen LogP contribution in [0.4, 0.5) is 0 Å². The molecule has 1 aliphatic heterocycles. The van der Waals surface area contributed by atoms with E-state index in [0.29, 0.717) is 5.02 Å². The number of methoxy groups -OCH3 is 1. The van der Waals surface area contributed by atoms with Crippen molar-refractivity contribution in [2.75, 3.05) is 39.8 Å². The second kappa shape index (κ2) is 6.90. The summed E-state index contributed by atoms with van der Waals surface area (Å²) in [7, 11) is 3.74. The Balaban J connectivity index is 1.72. The van der Waals surface area contributed by atoms with Crippen molar-refractivity contribution in [1.29, 1.82) is 0 Å². The number of benzene rings is 1. The molecule has 2 aromatic rings. The average molecular weight is 322 g/mol. The topological polar surface area (TPSA) is 29.4 Å². The van der Waals surface area contributed by atoms with Gasteiger partial charge in [-0.15, -0.1) is 0 Å². The molecule has 0 amide bonds. The number of halogens is 1. The highest BCUT2D eigenvalue weighted by Gasteiger charge is 2.13. The van der Waals surface area contributed by atoms with E-state index in [1.54, 1.807) is 7.11 Å². The molecule has 22 heavy (non-hydrogen) atoms. The molecule has 0 unspecified atom stereocenters. The quantitative estimate of drug-likeness (QED) is 0.918. The monoisotopic (exact) mass is 321 g/mol. The fourth-order valence-corrected chi connectivity index (χ4v) is 3.48. The van der Waals surface area contributed by atoms with Gasteiger partial charge < -0.3 is 19.5 Å². The SMILES string of the molecule is COc1cc2c(CCCN3CCNCC3)cn(C)c2cc1Cl. The number of aryl methyl sites for hydroxylation is 2. The lowest BCUT2D eigenvalue weighted by atomic mass is 10.1. The van der Waals surface area contributed by atoms with Crippen LogP contribution in [0.25, 0.3) is 10.9 Å². The maximum absolute atomic E-state index is 6.24. The zero-order chi connectivity index (χ0) is 15.5. The van der Waals surface area contributed by atoms with Gasteiger partial charge in [-0.05, 0) is 37.1 Å². The molecular weight excluding hydrogens is 298 g/mol. The summed E-state index contributed by atoms with van der Waals surface area (Å²) in [5, 5.41) is 5.32. The van der Waals surface area contributed by atoms with Gasteiger partial charge in [0, 0.05) is 50.3 Å². The number of nitrogens with zero attached hydrogens (tertiary/aromatic N) is 2. The van der Waals surface area contributed by atoms with Crippen LogP contribution in [0.3, 0.4) is 0 Å². The molecule has 1 fully saturated rings. The average Bonchev–Trinajstić information content (AvgIpc) is 2.83. The van der Waals surface area contributed by atoms with Gasteiger partial charge in [-0.2, -0.15) is 0 Å². The van der Waals surface area contributed by atoms with Crippen molar-refractivity contribution in [1.82, 2.24) is 14.8 Å². The van der Waals surface area contributed by atoms with E-state index in [4.69, 9.17) is 16.3 Å². The zero-order valence-electron chi connectivity index (χ0n) is 13.4. The van der Waals surface area contributed by atoms with Gasteiger partial charge in [0.25, 0.3) is 0 Å². The van der Waals surface area contributed by atoms with Gasteiger partial charge in [0.2, 0.25) is 0 Å². The van der Waals surface area contributed by atoms with Crippen LogP contribution >= 0.6 is 11.6 Å². The van der Waals surface area contributed by atoms with Gasteiger partial charge in [-0.3, -0.25) is 0 Å². The largest absolute Gasteiger partial charge is 0.495 e. The Hall–Kier alpha value is -1.23. The summed E-state index contributed by atoms with van der Waals surface area (Å²) in [4.78, 5) is 2.54. The van der Waals surface area contributed by atoms with Crippen LogP contribution < -0.4 is 10.1 Å². The van der Waals surface area contributed by atoms with E-state index < -0.39 is 0 Å². The van der Waals surface area contributed by atoms with Crippen molar-refractivity contribution < 1.29 is 4.74 Å². The molecule has 1 aromatic carbocycles. The Morgan fingerprint density at radius 3 is 2.77 bits per heavy atom. The Morgan fingerprint density at radius 1 is 1.27 bits per heavy atom. The highest BCUT2D eigenvalue weighted by Crippen LogP contribution is 2.32. The summed E-state index contributed by atoms with van der Waals surface area (Å²) in [6.45, 7) is 5.73. The van der Waals surface area contributed by atoms with Crippen molar-refractivity contribution in [3.8, 4) is 5.75 Å². The highest BCUT2D eigenvalue weighted by atomic mass is 35.5. The second-order valence-corrected chi connectivity index (χ2v) is 6.37. The molecule has 120 valence electrons. The number of hydrogen-bond donors (Lipinski definition) is 1. The molecule has 4 nitrogen and oxygen atoms in total. The van der Waals surface area contributed by atoms with Crippen LogP contribution in [-0.4, -0.2) is 49.3 Å². The molecule has 1 saturated heterocycles. The van der Waals surface area contributed by atoms with Crippen LogP contribution in [0, 0.1) is 0 Å². The van der Waals surface area contributed by atoms with E-state index in [0.717, 1.165) is 25.3 Å². The molecule has 0 radical (unpaired) electrons. The molecule has 1 N–H and O–H groups in total. The highest BCUT2D eigenvalue weighted by molar-refractivity contribution is 6.32. The standard InChI is InChI=1S/C17H24ClN3O/c1-20-12-13(4-3-7-21-8-5-19-6-9-21)14-10-17(22-2)15(18)11-16(14)20/h10-12,19H,3-9H2,1-2H3. The third-order valence-corrected chi connectivity index (χ3v) is 4.77. The minimum Gasteiger partial charge on any atom is -0.495 e. The summed E-state index contributed by atoms with van der Waals surface area (Å²) in [5.41, 5.74) is 2.55. The van der Waals surface area contributed by atoms with Gasteiger partial charge >= 0.3 is 0 Å². The molecule has 0 bridgehead atoms. The van der Waals surface area contributed by atoms with Gasteiger partial charge in [-0.25, -0.2) is 0 Å². The van der Waals surface area contributed by atoms with Crippen LogP contribution in [-0.2, 0) is 13.5 Å². The van der Waals surface area contributed by atoms with Crippen molar-refractivity contribution in [3.05, 3.63) is 28.9 Å². The first-order valence-electron chi connectivity index (χ1n) is 7.93. The number of ether oxygens (including phenoxy) is 1. The first-order chi connectivity index (χ1) is 10.7. The second-order valence-electron chi connectivity index (χ2n) is 5.96. The maximum Gasteiger partial charge on any atom is 0.138 e. The molecular formula is C17H24ClN3O. The lowest BCUT2D eigenvalue weighted by molar-refractivity contribution is 0.238. The van der Waals surface area contributed by atoms with Gasteiger partial charge in [-0.1, -0.05) is 11.6 Å². The van der Waals surface area contributed by atoms with E-state index in [1.807, 2.05) is 6.07 Å². The Labute approximate surface area is 137 Å². The van der Waals surface area contributed by atoms with Gasteiger partial charge in [0.1, 0.15) is 5.75 Å². The molecule has 3 rings (SSSR count). The van der Waals surface area contributed by atoms with Crippen LogP contribution in [0.1, 0.15) is 12.0 Å². The summed E-state index contributed by atoms with van der Waals surface area (Å²) < 4.78 is 7.51. The molecule has 2 heterocycles. The minimum absolute atomic E-state index is 0.670. The molecule has 1 aliphatic rings. The smallest absolute Gasteiger partial charge is 0.138 e. The van der Waals surface area contributed by atoms with Crippen molar-refractivity contribution in [3.63, 3.8) is 0 Å². The maximum atomic E-state index is 6.24. The van der Waals surface area contributed by atoms with Gasteiger partial charge in [0.05, 0.1) is 12.1 Å². The number of rotatable bonds is 5. The lowest BCUT2D eigenvalue weighted by Crippen LogP contribution is -2.43. The molecule has 0 spiro atoms. The number of aromatic nitrogens is 1. The molecule has 1 aromatic heterocycles. The van der Waals surface area contributed by atoms with Crippen molar-refractivity contribution in [2.45, 2.75) is 12.8 Å². The summed E-state index contributed by atoms with van der Waals surface area (Å²) in [5.74, 6) is 0.753. The normalized spacial score (nSPS) is 16.3. The van der Waals surface area contributed by atoms with Crippen molar-refractivity contribution >= 4 is 22.5 Å². The third-order valence-electron chi connectivity index (χ3n) is 4.48. The molecule has 5 heteroatoms. The lowest BCUT2D eigenvalue weighted by Gasteiger charge is -2.26. The van der Waals surface area contributed by atoms with E-state index in [1.165, 1.54) is 42.5 Å². The molecule has 0 atom stereocenters.